The molecule has 0 radical (unpaired) electrons. The molecule has 1 aromatic heterocycles. The molecule has 2 heterocycles. The maximum atomic E-state index is 12.7. The summed E-state index contributed by atoms with van der Waals surface area (Å²) in [6, 6.07) is 0.0117. The predicted molar refractivity (Wildman–Crippen MR) is 78.7 cm³/mol. The van der Waals surface area contributed by atoms with Crippen LogP contribution in [0.15, 0.2) is 11.1 Å². The molecule has 20 heavy (non-hydrogen) atoms. The second-order valence-electron chi connectivity index (χ2n) is 5.74. The number of nitrogens with two attached hydrogens (primary N) is 1. The molecule has 114 valence electrons. The fourth-order valence-electron chi connectivity index (χ4n) is 2.83. The molecular weight excluding hydrogens is 276 g/mol. The van der Waals surface area contributed by atoms with Gasteiger partial charge in [0.15, 0.2) is 5.82 Å². The van der Waals surface area contributed by atoms with E-state index in [0.717, 1.165) is 19.3 Å². The normalized spacial score (nSPS) is 24.9. The number of nitrogen functional groups attached to an aromatic ring is 1. The first kappa shape index (κ1) is 15.3. The largest absolute Gasteiger partial charge is 0.381 e. The number of hydrogen-bond donors (Lipinski definition) is 1. The first-order valence-corrected chi connectivity index (χ1v) is 8.65. The van der Waals surface area contributed by atoms with Gasteiger partial charge in [0.2, 0.25) is 10.0 Å². The molecule has 2 unspecified atom stereocenters. The standard InChI is InChI=1S/C13H24N4O2S/c1-4-6-16-9-12(13(14)15-16)20(18,19)17-7-5-10(2)8-11(17)3/h9-11H,4-8H2,1-3H3,(H2,14,15). The summed E-state index contributed by atoms with van der Waals surface area (Å²) in [5.41, 5.74) is 5.80. The zero-order valence-corrected chi connectivity index (χ0v) is 13.2. The van der Waals surface area contributed by atoms with Crippen molar-refractivity contribution < 1.29 is 8.42 Å². The van der Waals surface area contributed by atoms with Crippen LogP contribution in [0.25, 0.3) is 0 Å². The summed E-state index contributed by atoms with van der Waals surface area (Å²) >= 11 is 0. The molecular formula is C13H24N4O2S. The van der Waals surface area contributed by atoms with Crippen molar-refractivity contribution in [3.05, 3.63) is 6.20 Å². The Hall–Kier alpha value is -1.08. The van der Waals surface area contributed by atoms with Gasteiger partial charge in [-0.3, -0.25) is 4.68 Å². The van der Waals surface area contributed by atoms with Gasteiger partial charge >= 0.3 is 0 Å². The predicted octanol–water partition coefficient (Wildman–Crippen LogP) is 1.68. The highest BCUT2D eigenvalue weighted by Crippen LogP contribution is 2.29. The molecule has 6 nitrogen and oxygen atoms in total. The molecule has 0 spiro atoms. The third kappa shape index (κ3) is 2.83. The van der Waals surface area contributed by atoms with Crippen LogP contribution in [0.2, 0.25) is 0 Å². The molecule has 1 saturated heterocycles. The summed E-state index contributed by atoms with van der Waals surface area (Å²) in [5.74, 6) is 0.667. The average molecular weight is 300 g/mol. The molecule has 1 aromatic rings. The van der Waals surface area contributed by atoms with Gasteiger partial charge in [-0.2, -0.15) is 9.40 Å². The Bertz CT molecular complexity index is 567. The van der Waals surface area contributed by atoms with E-state index in [0.29, 0.717) is 19.0 Å². The first-order chi connectivity index (χ1) is 9.36. The smallest absolute Gasteiger partial charge is 0.248 e. The highest BCUT2D eigenvalue weighted by Gasteiger charge is 2.35. The fourth-order valence-corrected chi connectivity index (χ4v) is 4.55. The highest BCUT2D eigenvalue weighted by atomic mass is 32.2. The van der Waals surface area contributed by atoms with Crippen LogP contribution in [-0.4, -0.2) is 35.1 Å². The van der Waals surface area contributed by atoms with Crippen LogP contribution >= 0.6 is 0 Å². The van der Waals surface area contributed by atoms with Gasteiger partial charge < -0.3 is 5.73 Å². The number of nitrogens with zero attached hydrogens (tertiary/aromatic N) is 3. The molecule has 0 bridgehead atoms. The zero-order valence-electron chi connectivity index (χ0n) is 12.4. The summed E-state index contributed by atoms with van der Waals surface area (Å²) in [6.07, 6.45) is 4.23. The summed E-state index contributed by atoms with van der Waals surface area (Å²) < 4.78 is 28.6. The molecule has 2 atom stereocenters. The van der Waals surface area contributed by atoms with E-state index in [1.54, 1.807) is 15.2 Å². The number of rotatable bonds is 4. The van der Waals surface area contributed by atoms with Crippen molar-refractivity contribution in [1.82, 2.24) is 14.1 Å². The third-order valence-corrected chi connectivity index (χ3v) is 5.90. The van der Waals surface area contributed by atoms with Gasteiger partial charge in [0.25, 0.3) is 0 Å². The van der Waals surface area contributed by atoms with Crippen molar-refractivity contribution in [2.24, 2.45) is 5.92 Å². The molecule has 1 aliphatic rings. The molecule has 1 fully saturated rings. The Labute approximate surface area is 121 Å². The van der Waals surface area contributed by atoms with Crippen LogP contribution in [-0.2, 0) is 16.6 Å². The zero-order chi connectivity index (χ0) is 14.9. The van der Waals surface area contributed by atoms with Crippen LogP contribution in [0.1, 0.15) is 40.0 Å². The summed E-state index contributed by atoms with van der Waals surface area (Å²) in [4.78, 5) is 0.146. The lowest BCUT2D eigenvalue weighted by atomic mass is 9.95. The van der Waals surface area contributed by atoms with Gasteiger partial charge in [0.1, 0.15) is 4.90 Å². The van der Waals surface area contributed by atoms with Gasteiger partial charge in [0, 0.05) is 25.3 Å². The molecule has 0 aromatic carbocycles. The van der Waals surface area contributed by atoms with E-state index in [2.05, 4.69) is 12.0 Å². The maximum Gasteiger partial charge on any atom is 0.248 e. The van der Waals surface area contributed by atoms with E-state index >= 15 is 0 Å². The fraction of sp³-hybridized carbons (Fsp3) is 0.769. The number of aryl methyl sites for hydroxylation is 1. The van der Waals surface area contributed by atoms with Gasteiger partial charge in [-0.25, -0.2) is 8.42 Å². The van der Waals surface area contributed by atoms with E-state index in [1.807, 2.05) is 13.8 Å². The van der Waals surface area contributed by atoms with E-state index in [4.69, 9.17) is 5.73 Å². The van der Waals surface area contributed by atoms with Crippen molar-refractivity contribution in [2.75, 3.05) is 12.3 Å². The van der Waals surface area contributed by atoms with Gasteiger partial charge in [0.05, 0.1) is 0 Å². The van der Waals surface area contributed by atoms with Crippen LogP contribution in [0.4, 0.5) is 5.82 Å². The quantitative estimate of drug-likeness (QED) is 0.917. The second-order valence-corrected chi connectivity index (χ2v) is 7.59. The van der Waals surface area contributed by atoms with Crippen molar-refractivity contribution >= 4 is 15.8 Å². The van der Waals surface area contributed by atoms with Crippen LogP contribution in [0.5, 0.6) is 0 Å². The van der Waals surface area contributed by atoms with Crippen LogP contribution in [0.3, 0.4) is 0 Å². The van der Waals surface area contributed by atoms with Crippen molar-refractivity contribution in [2.45, 2.75) is 57.5 Å². The van der Waals surface area contributed by atoms with Gasteiger partial charge in [-0.05, 0) is 32.1 Å². The Morgan fingerprint density at radius 2 is 2.15 bits per heavy atom. The molecule has 7 heteroatoms. The Balaban J connectivity index is 2.30. The molecule has 2 N–H and O–H groups in total. The third-order valence-electron chi connectivity index (χ3n) is 3.87. The molecule has 1 aliphatic heterocycles. The Morgan fingerprint density at radius 1 is 1.45 bits per heavy atom. The maximum absolute atomic E-state index is 12.7. The van der Waals surface area contributed by atoms with E-state index in [9.17, 15) is 8.42 Å². The van der Waals surface area contributed by atoms with Crippen molar-refractivity contribution in [3.8, 4) is 0 Å². The van der Waals surface area contributed by atoms with E-state index < -0.39 is 10.0 Å². The van der Waals surface area contributed by atoms with Gasteiger partial charge in [-0.1, -0.05) is 13.8 Å². The number of aromatic nitrogens is 2. The Morgan fingerprint density at radius 3 is 2.75 bits per heavy atom. The monoisotopic (exact) mass is 300 g/mol. The topological polar surface area (TPSA) is 81.2 Å². The minimum Gasteiger partial charge on any atom is -0.381 e. The minimum atomic E-state index is -3.54. The van der Waals surface area contributed by atoms with Crippen LogP contribution < -0.4 is 5.73 Å². The molecule has 0 amide bonds. The first-order valence-electron chi connectivity index (χ1n) is 7.21. The second kappa shape index (κ2) is 5.73. The average Bonchev–Trinajstić information content (AvgIpc) is 2.71. The SMILES string of the molecule is CCCn1cc(S(=O)(=O)N2CCC(C)CC2C)c(N)n1. The lowest BCUT2D eigenvalue weighted by Crippen LogP contribution is -2.44. The van der Waals surface area contributed by atoms with Crippen molar-refractivity contribution in [1.29, 1.82) is 0 Å². The summed E-state index contributed by atoms with van der Waals surface area (Å²) in [7, 11) is -3.54. The lowest BCUT2D eigenvalue weighted by molar-refractivity contribution is 0.220. The molecule has 2 rings (SSSR count). The highest BCUT2D eigenvalue weighted by molar-refractivity contribution is 7.89. The Kier molecular flexibility index (Phi) is 4.39. The van der Waals surface area contributed by atoms with E-state index in [1.165, 1.54) is 0 Å². The molecule has 0 aliphatic carbocycles. The number of sulfonamides is 1. The number of hydrogen-bond acceptors (Lipinski definition) is 4. The molecule has 0 saturated carbocycles. The summed E-state index contributed by atoms with van der Waals surface area (Å²) in [6.45, 7) is 7.36. The minimum absolute atomic E-state index is 0.0117. The lowest BCUT2D eigenvalue weighted by Gasteiger charge is -2.35. The van der Waals surface area contributed by atoms with Crippen molar-refractivity contribution in [3.63, 3.8) is 0 Å². The van der Waals surface area contributed by atoms with E-state index in [-0.39, 0.29) is 16.8 Å². The summed E-state index contributed by atoms with van der Waals surface area (Å²) in [5, 5.41) is 4.09. The van der Waals surface area contributed by atoms with Crippen LogP contribution in [0, 0.1) is 5.92 Å². The van der Waals surface area contributed by atoms with Gasteiger partial charge in [-0.15, -0.1) is 0 Å². The number of piperidine rings is 1. The number of anilines is 1.